The SMILES string of the molecule is Cc1nnc(Oc2ccc(Nc3nc(=O)n(C[C@H](O)CO)c(=O)n3Cc3ccc(Cl)cc3)cc2)s1. The normalized spacial score (nSPS) is 11.9. The average molecular weight is 517 g/mol. The van der Waals surface area contributed by atoms with Gasteiger partial charge in [0.05, 0.1) is 25.8 Å². The van der Waals surface area contributed by atoms with Crippen molar-refractivity contribution in [3.05, 3.63) is 85.1 Å². The number of rotatable bonds is 9. The summed E-state index contributed by atoms with van der Waals surface area (Å²) in [6.07, 6.45) is -1.28. The number of hydrogen-bond acceptors (Lipinski definition) is 10. The molecule has 35 heavy (non-hydrogen) atoms. The summed E-state index contributed by atoms with van der Waals surface area (Å²) in [7, 11) is 0. The molecule has 0 saturated carbocycles. The highest BCUT2D eigenvalue weighted by atomic mass is 35.5. The number of hydrogen-bond donors (Lipinski definition) is 3. The molecule has 182 valence electrons. The Balaban J connectivity index is 1.65. The second kappa shape index (κ2) is 10.8. The fourth-order valence-electron chi connectivity index (χ4n) is 3.12. The molecule has 11 nitrogen and oxygen atoms in total. The first-order chi connectivity index (χ1) is 16.8. The lowest BCUT2D eigenvalue weighted by atomic mass is 10.2. The fourth-order valence-corrected chi connectivity index (χ4v) is 3.80. The van der Waals surface area contributed by atoms with Crippen LogP contribution in [0.2, 0.25) is 5.02 Å². The van der Waals surface area contributed by atoms with Gasteiger partial charge in [0.1, 0.15) is 10.8 Å². The van der Waals surface area contributed by atoms with Gasteiger partial charge in [0.25, 0.3) is 5.19 Å². The lowest BCUT2D eigenvalue weighted by molar-refractivity contribution is 0.0785. The van der Waals surface area contributed by atoms with E-state index in [0.29, 0.717) is 21.7 Å². The van der Waals surface area contributed by atoms with Crippen molar-refractivity contribution in [1.82, 2.24) is 24.3 Å². The van der Waals surface area contributed by atoms with Crippen molar-refractivity contribution in [2.75, 3.05) is 11.9 Å². The van der Waals surface area contributed by atoms with Crippen LogP contribution in [0, 0.1) is 6.92 Å². The van der Waals surface area contributed by atoms with Gasteiger partial charge >= 0.3 is 11.4 Å². The van der Waals surface area contributed by atoms with E-state index in [-0.39, 0.29) is 19.0 Å². The molecular weight excluding hydrogens is 496 g/mol. The van der Waals surface area contributed by atoms with Crippen LogP contribution < -0.4 is 21.4 Å². The molecule has 2 heterocycles. The zero-order valence-electron chi connectivity index (χ0n) is 18.5. The number of aryl methyl sites for hydroxylation is 1. The van der Waals surface area contributed by atoms with E-state index >= 15 is 0 Å². The summed E-state index contributed by atoms with van der Waals surface area (Å²) in [6.45, 7) is 0.915. The highest BCUT2D eigenvalue weighted by Crippen LogP contribution is 2.26. The number of aromatic nitrogens is 5. The molecule has 0 fully saturated rings. The molecule has 0 saturated heterocycles. The van der Waals surface area contributed by atoms with Crippen molar-refractivity contribution >= 4 is 34.6 Å². The maximum atomic E-state index is 13.2. The van der Waals surface area contributed by atoms with E-state index in [1.54, 1.807) is 48.5 Å². The molecule has 0 spiro atoms. The second-order valence-electron chi connectivity index (χ2n) is 7.50. The van der Waals surface area contributed by atoms with Gasteiger partial charge in [-0.15, -0.1) is 5.10 Å². The Bertz CT molecular complexity index is 1420. The van der Waals surface area contributed by atoms with E-state index in [1.807, 2.05) is 6.92 Å². The summed E-state index contributed by atoms with van der Waals surface area (Å²) < 4.78 is 7.70. The number of anilines is 2. The van der Waals surface area contributed by atoms with Gasteiger partial charge in [0, 0.05) is 10.7 Å². The van der Waals surface area contributed by atoms with Crippen molar-refractivity contribution in [3.8, 4) is 10.9 Å². The van der Waals surface area contributed by atoms with E-state index in [4.69, 9.17) is 21.4 Å². The largest absolute Gasteiger partial charge is 0.430 e. The Morgan fingerprint density at radius 2 is 1.80 bits per heavy atom. The summed E-state index contributed by atoms with van der Waals surface area (Å²) in [5.41, 5.74) is -0.258. The number of ether oxygens (including phenoxy) is 1. The summed E-state index contributed by atoms with van der Waals surface area (Å²) in [5.74, 6) is 0.546. The van der Waals surface area contributed by atoms with Crippen LogP contribution in [0.25, 0.3) is 0 Å². The monoisotopic (exact) mass is 516 g/mol. The molecule has 0 aliphatic rings. The molecule has 0 aliphatic carbocycles. The van der Waals surface area contributed by atoms with E-state index < -0.39 is 24.1 Å². The van der Waals surface area contributed by atoms with Gasteiger partial charge in [-0.2, -0.15) is 4.98 Å². The predicted octanol–water partition coefficient (Wildman–Crippen LogP) is 2.16. The van der Waals surface area contributed by atoms with Gasteiger partial charge in [0.15, 0.2) is 0 Å². The molecule has 13 heteroatoms. The maximum Gasteiger partial charge on any atom is 0.355 e. The molecule has 2 aromatic heterocycles. The maximum absolute atomic E-state index is 13.2. The first-order valence-corrected chi connectivity index (χ1v) is 11.6. The first-order valence-electron chi connectivity index (χ1n) is 10.4. The van der Waals surface area contributed by atoms with Crippen LogP contribution in [0.15, 0.2) is 58.1 Å². The van der Waals surface area contributed by atoms with Crippen LogP contribution in [0.4, 0.5) is 11.6 Å². The van der Waals surface area contributed by atoms with Gasteiger partial charge in [-0.3, -0.25) is 4.57 Å². The van der Waals surface area contributed by atoms with Crippen molar-refractivity contribution in [2.45, 2.75) is 26.1 Å². The molecule has 4 aromatic rings. The number of aliphatic hydroxyl groups excluding tert-OH is 2. The number of halogens is 1. The van der Waals surface area contributed by atoms with Crippen LogP contribution in [0.5, 0.6) is 10.9 Å². The lowest BCUT2D eigenvalue weighted by Crippen LogP contribution is -2.45. The number of nitrogens with zero attached hydrogens (tertiary/aromatic N) is 5. The molecule has 2 aromatic carbocycles. The average Bonchev–Trinajstić information content (AvgIpc) is 3.25. The molecule has 0 radical (unpaired) electrons. The summed E-state index contributed by atoms with van der Waals surface area (Å²) in [6, 6.07) is 13.7. The van der Waals surface area contributed by atoms with Gasteiger partial charge < -0.3 is 20.3 Å². The second-order valence-corrected chi connectivity index (χ2v) is 9.08. The zero-order valence-corrected chi connectivity index (χ0v) is 20.0. The van der Waals surface area contributed by atoms with Crippen LogP contribution in [0.3, 0.4) is 0 Å². The van der Waals surface area contributed by atoms with E-state index in [0.717, 1.165) is 15.1 Å². The molecule has 4 rings (SSSR count). The van der Waals surface area contributed by atoms with E-state index in [2.05, 4.69) is 20.5 Å². The molecule has 0 aliphatic heterocycles. The lowest BCUT2D eigenvalue weighted by Gasteiger charge is -2.17. The van der Waals surface area contributed by atoms with Crippen LogP contribution in [-0.4, -0.2) is 47.2 Å². The van der Waals surface area contributed by atoms with Crippen molar-refractivity contribution in [2.24, 2.45) is 0 Å². The fraction of sp³-hybridized carbons (Fsp3) is 0.227. The summed E-state index contributed by atoms with van der Waals surface area (Å²) in [5, 5.41) is 31.5. The summed E-state index contributed by atoms with van der Waals surface area (Å²) in [4.78, 5) is 29.8. The number of benzene rings is 2. The number of nitrogens with one attached hydrogen (secondary N) is 1. The smallest absolute Gasteiger partial charge is 0.355 e. The van der Waals surface area contributed by atoms with Gasteiger partial charge in [-0.1, -0.05) is 40.2 Å². The molecule has 0 amide bonds. The molecule has 1 atom stereocenters. The third-order valence-electron chi connectivity index (χ3n) is 4.83. The Kier molecular flexibility index (Phi) is 7.56. The standard InChI is InChI=1S/C22H21ClN6O5S/c1-13-26-27-21(35-13)34-18-8-6-16(7-9-18)24-19-25-20(32)29(11-17(31)12-30)22(33)28(19)10-14-2-4-15(23)5-3-14/h2-9,17,30-31H,10-12H2,1H3,(H,24,25,32)/t17-/m0/s1. The first kappa shape index (κ1) is 24.5. The van der Waals surface area contributed by atoms with E-state index in [1.165, 1.54) is 15.9 Å². The third-order valence-corrected chi connectivity index (χ3v) is 5.80. The van der Waals surface area contributed by atoms with Gasteiger partial charge in [0.2, 0.25) is 5.95 Å². The third kappa shape index (κ3) is 6.11. The van der Waals surface area contributed by atoms with Crippen molar-refractivity contribution in [1.29, 1.82) is 0 Å². The topological polar surface area (TPSA) is 144 Å². The quantitative estimate of drug-likeness (QED) is 0.304. The van der Waals surface area contributed by atoms with Crippen molar-refractivity contribution in [3.63, 3.8) is 0 Å². The Morgan fingerprint density at radius 3 is 2.43 bits per heavy atom. The Labute approximate surface area is 207 Å². The van der Waals surface area contributed by atoms with Gasteiger partial charge in [-0.25, -0.2) is 14.2 Å². The number of aliphatic hydroxyl groups is 2. The minimum Gasteiger partial charge on any atom is -0.430 e. The predicted molar refractivity (Wildman–Crippen MR) is 131 cm³/mol. The van der Waals surface area contributed by atoms with Crippen molar-refractivity contribution < 1.29 is 14.9 Å². The highest BCUT2D eigenvalue weighted by Gasteiger charge is 2.16. The molecular formula is C22H21ClN6O5S. The molecule has 0 unspecified atom stereocenters. The Hall–Kier alpha value is -3.58. The zero-order chi connectivity index (χ0) is 24.9. The van der Waals surface area contributed by atoms with Crippen LogP contribution in [0.1, 0.15) is 10.6 Å². The highest BCUT2D eigenvalue weighted by molar-refractivity contribution is 7.13. The minimum atomic E-state index is -1.28. The summed E-state index contributed by atoms with van der Waals surface area (Å²) >= 11 is 7.28. The van der Waals surface area contributed by atoms with E-state index in [9.17, 15) is 14.7 Å². The molecule has 0 bridgehead atoms. The molecule has 3 N–H and O–H groups in total. The van der Waals surface area contributed by atoms with Crippen LogP contribution >= 0.6 is 22.9 Å². The Morgan fingerprint density at radius 1 is 1.09 bits per heavy atom. The van der Waals surface area contributed by atoms with Gasteiger partial charge in [-0.05, 0) is 48.9 Å². The minimum absolute atomic E-state index is 0.0121. The van der Waals surface area contributed by atoms with Crippen LogP contribution in [-0.2, 0) is 13.1 Å².